The summed E-state index contributed by atoms with van der Waals surface area (Å²) in [5.41, 5.74) is 1.21. The van der Waals surface area contributed by atoms with Crippen molar-refractivity contribution >= 4 is 44.1 Å². The lowest BCUT2D eigenvalue weighted by atomic mass is 9.94. The van der Waals surface area contributed by atoms with E-state index in [-0.39, 0.29) is 16.3 Å². The van der Waals surface area contributed by atoms with E-state index in [9.17, 15) is 19.1 Å². The molecule has 1 aromatic heterocycles. The van der Waals surface area contributed by atoms with E-state index >= 15 is 0 Å². The summed E-state index contributed by atoms with van der Waals surface area (Å²) in [5.74, 6) is -1.51. The van der Waals surface area contributed by atoms with E-state index in [2.05, 4.69) is 4.98 Å². The summed E-state index contributed by atoms with van der Waals surface area (Å²) in [5, 5.41) is 11.5. The lowest BCUT2D eigenvalue weighted by Gasteiger charge is -2.24. The number of aliphatic hydroxyl groups excluding tert-OH is 1. The second kappa shape index (κ2) is 9.43. The number of halogens is 1. The summed E-state index contributed by atoms with van der Waals surface area (Å²) in [4.78, 5) is 32.6. The first-order chi connectivity index (χ1) is 17.4. The van der Waals surface area contributed by atoms with Gasteiger partial charge in [0.15, 0.2) is 5.13 Å². The molecule has 0 bridgehead atoms. The average molecular weight is 505 g/mol. The van der Waals surface area contributed by atoms with Gasteiger partial charge in [0, 0.05) is 11.1 Å². The third-order valence-electron chi connectivity index (χ3n) is 5.86. The van der Waals surface area contributed by atoms with Gasteiger partial charge in [0.1, 0.15) is 29.1 Å². The standard InChI is InChI=1S/C27H21FN2O5S/c1-3-35-17-12-13-19-21(14-17)36-27(29-19)30-23(18-6-4-5-7-20(18)34-2)22(25(32)26(30)33)24(31)15-8-10-16(28)11-9-15/h4-14,23,31H,3H2,1-2H3. The van der Waals surface area contributed by atoms with Gasteiger partial charge in [-0.2, -0.15) is 0 Å². The molecule has 9 heteroatoms. The Balaban J connectivity index is 1.72. The summed E-state index contributed by atoms with van der Waals surface area (Å²) in [7, 11) is 1.48. The highest BCUT2D eigenvalue weighted by Gasteiger charge is 2.49. The van der Waals surface area contributed by atoms with Crippen LogP contribution >= 0.6 is 11.3 Å². The summed E-state index contributed by atoms with van der Waals surface area (Å²) in [6, 6.07) is 16.4. The molecule has 1 amide bonds. The van der Waals surface area contributed by atoms with Crippen LogP contribution in [0, 0.1) is 5.82 Å². The van der Waals surface area contributed by atoms with Gasteiger partial charge in [0.25, 0.3) is 5.78 Å². The zero-order valence-electron chi connectivity index (χ0n) is 19.4. The number of fused-ring (bicyclic) bond motifs is 1. The number of carbonyl (C=O) groups is 2. The first-order valence-corrected chi connectivity index (χ1v) is 12.0. The van der Waals surface area contributed by atoms with Crippen LogP contribution in [0.1, 0.15) is 24.1 Å². The lowest BCUT2D eigenvalue weighted by Crippen LogP contribution is -2.29. The highest BCUT2D eigenvalue weighted by atomic mass is 32.1. The second-order valence-electron chi connectivity index (χ2n) is 7.98. The summed E-state index contributed by atoms with van der Waals surface area (Å²) in [6.45, 7) is 2.39. The maximum Gasteiger partial charge on any atom is 0.301 e. The fourth-order valence-corrected chi connectivity index (χ4v) is 5.25. The number of Topliss-reactive ketones (excluding diaryl/α,β-unsaturated/α-hetero) is 1. The van der Waals surface area contributed by atoms with Crippen LogP contribution < -0.4 is 14.4 Å². The lowest BCUT2D eigenvalue weighted by molar-refractivity contribution is -0.132. The van der Waals surface area contributed by atoms with Gasteiger partial charge < -0.3 is 14.6 Å². The molecule has 4 aromatic rings. The number of thiazole rings is 1. The molecular formula is C27H21FN2O5S. The average Bonchev–Trinajstić information content (AvgIpc) is 3.42. The van der Waals surface area contributed by atoms with Crippen LogP contribution in [-0.4, -0.2) is 35.5 Å². The van der Waals surface area contributed by atoms with Crippen molar-refractivity contribution < 1.29 is 28.6 Å². The Kier molecular flexibility index (Phi) is 6.15. The number of nitrogens with zero attached hydrogens (tertiary/aromatic N) is 2. The monoisotopic (exact) mass is 504 g/mol. The Bertz CT molecular complexity index is 1510. The summed E-state index contributed by atoms with van der Waals surface area (Å²) in [6.07, 6.45) is 0. The van der Waals surface area contributed by atoms with Crippen molar-refractivity contribution in [2.24, 2.45) is 0 Å². The highest BCUT2D eigenvalue weighted by molar-refractivity contribution is 7.22. The van der Waals surface area contributed by atoms with E-state index in [1.54, 1.807) is 36.4 Å². The van der Waals surface area contributed by atoms with Crippen LogP contribution in [0.25, 0.3) is 16.0 Å². The number of amides is 1. The van der Waals surface area contributed by atoms with Crippen LogP contribution in [0.15, 0.2) is 72.3 Å². The topological polar surface area (TPSA) is 89.0 Å². The molecule has 3 aromatic carbocycles. The van der Waals surface area contributed by atoms with Gasteiger partial charge in [-0.15, -0.1) is 0 Å². The van der Waals surface area contributed by atoms with Crippen molar-refractivity contribution in [1.82, 2.24) is 4.98 Å². The van der Waals surface area contributed by atoms with E-state index in [1.165, 1.54) is 47.6 Å². The predicted molar refractivity (Wildman–Crippen MR) is 135 cm³/mol. The minimum Gasteiger partial charge on any atom is -0.507 e. The van der Waals surface area contributed by atoms with Gasteiger partial charge in [-0.25, -0.2) is 9.37 Å². The number of anilines is 1. The Morgan fingerprint density at radius 2 is 1.86 bits per heavy atom. The first kappa shape index (κ1) is 23.5. The molecule has 0 saturated carbocycles. The van der Waals surface area contributed by atoms with Crippen molar-refractivity contribution in [2.75, 3.05) is 18.6 Å². The molecule has 0 spiro atoms. The van der Waals surface area contributed by atoms with Gasteiger partial charge in [-0.1, -0.05) is 29.5 Å². The fourth-order valence-electron chi connectivity index (χ4n) is 4.23. The van der Waals surface area contributed by atoms with Gasteiger partial charge in [-0.3, -0.25) is 14.5 Å². The Labute approximate surface area is 210 Å². The molecule has 1 saturated heterocycles. The molecule has 5 rings (SSSR count). The summed E-state index contributed by atoms with van der Waals surface area (Å²) < 4.78 is 25.4. The molecular weight excluding hydrogens is 483 g/mol. The number of aromatic nitrogens is 1. The fraction of sp³-hybridized carbons (Fsp3) is 0.148. The molecule has 1 fully saturated rings. The van der Waals surface area contributed by atoms with Crippen molar-refractivity contribution in [2.45, 2.75) is 13.0 Å². The SMILES string of the molecule is CCOc1ccc2nc(N3C(=O)C(=O)C(=C(O)c4ccc(F)cc4)C3c3ccccc3OC)sc2c1. The van der Waals surface area contributed by atoms with E-state index in [4.69, 9.17) is 9.47 Å². The number of aliphatic hydroxyl groups is 1. The Morgan fingerprint density at radius 1 is 1.11 bits per heavy atom. The predicted octanol–water partition coefficient (Wildman–Crippen LogP) is 5.47. The molecule has 1 N–H and O–H groups in total. The van der Waals surface area contributed by atoms with Gasteiger partial charge in [-0.05, 0) is 55.5 Å². The van der Waals surface area contributed by atoms with Crippen molar-refractivity contribution in [3.05, 3.63) is 89.2 Å². The smallest absolute Gasteiger partial charge is 0.301 e. The highest BCUT2D eigenvalue weighted by Crippen LogP contribution is 2.46. The molecule has 182 valence electrons. The minimum atomic E-state index is -1.02. The molecule has 1 aliphatic heterocycles. The van der Waals surface area contributed by atoms with Crippen LogP contribution in [0.3, 0.4) is 0 Å². The number of benzene rings is 3. The first-order valence-electron chi connectivity index (χ1n) is 11.2. The van der Waals surface area contributed by atoms with Crippen LogP contribution in [0.5, 0.6) is 11.5 Å². The van der Waals surface area contributed by atoms with E-state index in [1.807, 2.05) is 13.0 Å². The van der Waals surface area contributed by atoms with Crippen LogP contribution in [0.2, 0.25) is 0 Å². The largest absolute Gasteiger partial charge is 0.507 e. The van der Waals surface area contributed by atoms with Crippen LogP contribution in [-0.2, 0) is 9.59 Å². The molecule has 1 atom stereocenters. The van der Waals surface area contributed by atoms with Crippen molar-refractivity contribution in [3.8, 4) is 11.5 Å². The number of carbonyl (C=O) groups excluding carboxylic acids is 2. The molecule has 7 nitrogen and oxygen atoms in total. The zero-order chi connectivity index (χ0) is 25.4. The maximum absolute atomic E-state index is 13.5. The normalized spacial score (nSPS) is 17.1. The molecule has 1 aliphatic rings. The Morgan fingerprint density at radius 3 is 2.58 bits per heavy atom. The number of rotatable bonds is 6. The van der Waals surface area contributed by atoms with Gasteiger partial charge >= 0.3 is 5.91 Å². The van der Waals surface area contributed by atoms with Gasteiger partial charge in [0.05, 0.1) is 29.5 Å². The number of ether oxygens (including phenoxy) is 2. The molecule has 0 radical (unpaired) electrons. The second-order valence-corrected chi connectivity index (χ2v) is 8.99. The number of hydrogen-bond acceptors (Lipinski definition) is 7. The van der Waals surface area contributed by atoms with Crippen molar-refractivity contribution in [1.29, 1.82) is 0 Å². The third kappa shape index (κ3) is 3.97. The molecule has 36 heavy (non-hydrogen) atoms. The molecule has 0 aliphatic carbocycles. The van der Waals surface area contributed by atoms with E-state index < -0.39 is 29.3 Å². The van der Waals surface area contributed by atoms with Crippen molar-refractivity contribution in [3.63, 3.8) is 0 Å². The van der Waals surface area contributed by atoms with Crippen LogP contribution in [0.4, 0.5) is 9.52 Å². The number of ketones is 1. The third-order valence-corrected chi connectivity index (χ3v) is 6.88. The number of hydrogen-bond donors (Lipinski definition) is 1. The summed E-state index contributed by atoms with van der Waals surface area (Å²) >= 11 is 1.23. The van der Waals surface area contributed by atoms with Gasteiger partial charge in [0.2, 0.25) is 0 Å². The molecule has 2 heterocycles. The number of para-hydroxylation sites is 1. The van der Waals surface area contributed by atoms with E-state index in [0.29, 0.717) is 29.2 Å². The minimum absolute atomic E-state index is 0.134. The number of methoxy groups -OCH3 is 1. The molecule has 1 unspecified atom stereocenters. The maximum atomic E-state index is 13.5. The Hall–Kier alpha value is -4.24. The quantitative estimate of drug-likeness (QED) is 0.213. The zero-order valence-corrected chi connectivity index (χ0v) is 20.2. The van der Waals surface area contributed by atoms with E-state index in [0.717, 1.165) is 4.70 Å².